The van der Waals surface area contributed by atoms with Crippen LogP contribution in [0.25, 0.3) is 0 Å². The molecule has 0 aliphatic heterocycles. The summed E-state index contributed by atoms with van der Waals surface area (Å²) in [6.07, 6.45) is -0.618. The van der Waals surface area contributed by atoms with Crippen LogP contribution in [0, 0.1) is 0 Å². The van der Waals surface area contributed by atoms with Crippen molar-refractivity contribution in [1.82, 2.24) is 16.2 Å². The van der Waals surface area contributed by atoms with Crippen molar-refractivity contribution in [2.45, 2.75) is 32.8 Å². The smallest absolute Gasteiger partial charge is 0.279 e. The Morgan fingerprint density at radius 1 is 1.15 bits per heavy atom. The highest BCUT2D eigenvalue weighted by Gasteiger charge is 2.14. The first-order valence-corrected chi connectivity index (χ1v) is 6.89. The first kappa shape index (κ1) is 16.2. The van der Waals surface area contributed by atoms with Crippen molar-refractivity contribution in [3.05, 3.63) is 29.8 Å². The molecule has 0 saturated heterocycles. The molecular weight excluding hydrogens is 274 g/mol. The van der Waals surface area contributed by atoms with Gasteiger partial charge < -0.3 is 10.1 Å². The second-order valence-corrected chi connectivity index (χ2v) is 5.09. The lowest BCUT2D eigenvalue weighted by Crippen LogP contribution is -2.49. The minimum absolute atomic E-state index is 0.296. The van der Waals surface area contributed by atoms with Gasteiger partial charge in [-0.3, -0.25) is 15.6 Å². The molecule has 5 nitrogen and oxygen atoms in total. The lowest BCUT2D eigenvalue weighted by atomic mass is 10.0. The standard InChI is InChI=1S/C14H21N3O2S/c1-9(2)11-5-7-12(8-6-11)19-10(3)13(18)16-17-14(20)15-4/h5-10H,1-4H3,(H,16,18)(H2,15,17,20)/t10-/m0/s1. The Bertz CT molecular complexity index is 460. The number of thiocarbonyl (C=S) groups is 1. The van der Waals surface area contributed by atoms with E-state index in [0.717, 1.165) is 0 Å². The van der Waals surface area contributed by atoms with Crippen LogP contribution in [0.15, 0.2) is 24.3 Å². The van der Waals surface area contributed by atoms with Crippen LogP contribution in [0.4, 0.5) is 0 Å². The Morgan fingerprint density at radius 3 is 2.25 bits per heavy atom. The van der Waals surface area contributed by atoms with Gasteiger partial charge in [0.2, 0.25) is 0 Å². The molecule has 6 heteroatoms. The largest absolute Gasteiger partial charge is 0.481 e. The number of nitrogens with one attached hydrogen (secondary N) is 3. The number of carbonyl (C=O) groups is 1. The number of ether oxygens (including phenoxy) is 1. The molecular formula is C14H21N3O2S. The molecule has 0 bridgehead atoms. The first-order valence-electron chi connectivity index (χ1n) is 6.48. The Balaban J connectivity index is 2.50. The first-order chi connectivity index (χ1) is 9.43. The van der Waals surface area contributed by atoms with Gasteiger partial charge >= 0.3 is 0 Å². The molecule has 3 N–H and O–H groups in total. The number of amides is 1. The summed E-state index contributed by atoms with van der Waals surface area (Å²) in [7, 11) is 1.66. The molecule has 1 atom stereocenters. The number of hydrazine groups is 1. The molecule has 1 amide bonds. The predicted molar refractivity (Wildman–Crippen MR) is 83.6 cm³/mol. The van der Waals surface area contributed by atoms with E-state index >= 15 is 0 Å². The van der Waals surface area contributed by atoms with Crippen molar-refractivity contribution in [2.24, 2.45) is 0 Å². The third-order valence-electron chi connectivity index (χ3n) is 2.76. The lowest BCUT2D eigenvalue weighted by Gasteiger charge is -2.16. The van der Waals surface area contributed by atoms with E-state index in [2.05, 4.69) is 30.0 Å². The third kappa shape index (κ3) is 5.05. The molecule has 1 aromatic carbocycles. The predicted octanol–water partition coefficient (Wildman–Crippen LogP) is 1.70. The van der Waals surface area contributed by atoms with Gasteiger partial charge in [-0.05, 0) is 42.8 Å². The van der Waals surface area contributed by atoms with Crippen molar-refractivity contribution in [1.29, 1.82) is 0 Å². The van der Waals surface area contributed by atoms with Gasteiger partial charge in [-0.15, -0.1) is 0 Å². The molecule has 0 heterocycles. The summed E-state index contributed by atoms with van der Waals surface area (Å²) < 4.78 is 5.56. The van der Waals surface area contributed by atoms with E-state index in [1.54, 1.807) is 14.0 Å². The molecule has 0 unspecified atom stereocenters. The Kier molecular flexibility index (Phi) is 6.24. The quantitative estimate of drug-likeness (QED) is 0.583. The van der Waals surface area contributed by atoms with E-state index in [-0.39, 0.29) is 5.91 Å². The van der Waals surface area contributed by atoms with Gasteiger partial charge in [-0.25, -0.2) is 0 Å². The van der Waals surface area contributed by atoms with Crippen LogP contribution in [-0.2, 0) is 4.79 Å². The van der Waals surface area contributed by atoms with Crippen LogP contribution in [0.2, 0.25) is 0 Å². The van der Waals surface area contributed by atoms with E-state index in [0.29, 0.717) is 16.8 Å². The van der Waals surface area contributed by atoms with Crippen molar-refractivity contribution in [3.63, 3.8) is 0 Å². The zero-order valence-corrected chi connectivity index (χ0v) is 13.0. The number of carbonyl (C=O) groups excluding carboxylic acids is 1. The monoisotopic (exact) mass is 295 g/mol. The van der Waals surface area contributed by atoms with Gasteiger partial charge in [-0.2, -0.15) is 0 Å². The van der Waals surface area contributed by atoms with Gasteiger partial charge in [0, 0.05) is 7.05 Å². The summed E-state index contributed by atoms with van der Waals surface area (Å²) in [6.45, 7) is 5.93. The van der Waals surface area contributed by atoms with E-state index in [1.807, 2.05) is 24.3 Å². The number of hydrogen-bond donors (Lipinski definition) is 3. The Morgan fingerprint density at radius 2 is 1.75 bits per heavy atom. The molecule has 1 rings (SSSR count). The second-order valence-electron chi connectivity index (χ2n) is 4.68. The average molecular weight is 295 g/mol. The Hall–Kier alpha value is -1.82. The van der Waals surface area contributed by atoms with Crippen LogP contribution in [0.1, 0.15) is 32.3 Å². The summed E-state index contributed by atoms with van der Waals surface area (Å²) >= 11 is 4.85. The molecule has 20 heavy (non-hydrogen) atoms. The normalized spacial score (nSPS) is 11.7. The SMILES string of the molecule is CNC(=S)NNC(=O)[C@H](C)Oc1ccc(C(C)C)cc1. The zero-order valence-electron chi connectivity index (χ0n) is 12.2. The molecule has 0 saturated carbocycles. The summed E-state index contributed by atoms with van der Waals surface area (Å²) in [6, 6.07) is 7.73. The van der Waals surface area contributed by atoms with Crippen molar-refractivity contribution in [2.75, 3.05) is 7.05 Å². The number of benzene rings is 1. The van der Waals surface area contributed by atoms with Crippen LogP contribution in [-0.4, -0.2) is 24.2 Å². The lowest BCUT2D eigenvalue weighted by molar-refractivity contribution is -0.127. The summed E-state index contributed by atoms with van der Waals surface area (Å²) in [5.41, 5.74) is 6.26. The van der Waals surface area contributed by atoms with Crippen LogP contribution in [0.5, 0.6) is 5.75 Å². The minimum Gasteiger partial charge on any atom is -0.481 e. The highest BCUT2D eigenvalue weighted by atomic mass is 32.1. The maximum atomic E-state index is 11.8. The molecule has 1 aromatic rings. The minimum atomic E-state index is -0.618. The van der Waals surface area contributed by atoms with Crippen molar-refractivity contribution < 1.29 is 9.53 Å². The topological polar surface area (TPSA) is 62.4 Å². The van der Waals surface area contributed by atoms with Crippen molar-refractivity contribution in [3.8, 4) is 5.75 Å². The molecule has 0 radical (unpaired) electrons. The van der Waals surface area contributed by atoms with Crippen LogP contribution >= 0.6 is 12.2 Å². The van der Waals surface area contributed by atoms with E-state index in [9.17, 15) is 4.79 Å². The zero-order chi connectivity index (χ0) is 15.1. The fraction of sp³-hybridized carbons (Fsp3) is 0.429. The molecule has 0 aliphatic rings. The number of hydrogen-bond acceptors (Lipinski definition) is 3. The van der Waals surface area contributed by atoms with Crippen LogP contribution in [0.3, 0.4) is 0 Å². The fourth-order valence-electron chi connectivity index (χ4n) is 1.47. The van der Waals surface area contributed by atoms with Crippen molar-refractivity contribution >= 4 is 23.2 Å². The maximum absolute atomic E-state index is 11.8. The van der Waals surface area contributed by atoms with E-state index in [1.165, 1.54) is 5.56 Å². The Labute approximate surface area is 125 Å². The molecule has 0 aliphatic carbocycles. The fourth-order valence-corrected chi connectivity index (χ4v) is 1.52. The highest BCUT2D eigenvalue weighted by molar-refractivity contribution is 7.80. The summed E-state index contributed by atoms with van der Waals surface area (Å²) in [5.74, 6) is 0.834. The second kappa shape index (κ2) is 7.69. The molecule has 0 aromatic heterocycles. The number of rotatable bonds is 4. The maximum Gasteiger partial charge on any atom is 0.279 e. The van der Waals surface area contributed by atoms with Gasteiger partial charge in [0.25, 0.3) is 5.91 Å². The molecule has 0 fully saturated rings. The average Bonchev–Trinajstić information content (AvgIpc) is 2.44. The molecule has 0 spiro atoms. The summed E-state index contributed by atoms with van der Waals surface area (Å²) in [5, 5.41) is 3.03. The van der Waals surface area contributed by atoms with Gasteiger partial charge in [0.05, 0.1) is 0 Å². The highest BCUT2D eigenvalue weighted by Crippen LogP contribution is 2.19. The van der Waals surface area contributed by atoms with E-state index < -0.39 is 6.10 Å². The van der Waals surface area contributed by atoms with E-state index in [4.69, 9.17) is 17.0 Å². The third-order valence-corrected chi connectivity index (χ3v) is 3.06. The van der Waals surface area contributed by atoms with Crippen LogP contribution < -0.4 is 20.9 Å². The van der Waals surface area contributed by atoms with Gasteiger partial charge in [0.1, 0.15) is 5.75 Å². The summed E-state index contributed by atoms with van der Waals surface area (Å²) in [4.78, 5) is 11.8. The van der Waals surface area contributed by atoms with Gasteiger partial charge in [0.15, 0.2) is 11.2 Å². The molecule has 110 valence electrons. The van der Waals surface area contributed by atoms with Gasteiger partial charge in [-0.1, -0.05) is 26.0 Å².